The highest BCUT2D eigenvalue weighted by molar-refractivity contribution is 5.78. The summed E-state index contributed by atoms with van der Waals surface area (Å²) in [7, 11) is 0. The number of hydrogen-bond acceptors (Lipinski definition) is 2. The average molecular weight is 165 g/mol. The molecular weight excluding hydrogens is 157 g/mol. The third kappa shape index (κ3) is 1.39. The third-order valence-corrected chi connectivity index (χ3v) is 1.63. The van der Waals surface area contributed by atoms with E-state index in [9.17, 15) is 9.18 Å². The SMILES string of the molecule is C=Nc1cc(C)c(C=O)cc1F. The zero-order valence-electron chi connectivity index (χ0n) is 6.67. The van der Waals surface area contributed by atoms with Crippen molar-refractivity contribution >= 4 is 18.7 Å². The predicted octanol–water partition coefficient (Wildman–Crippen LogP) is 2.28. The summed E-state index contributed by atoms with van der Waals surface area (Å²) in [6.45, 7) is 4.93. The molecule has 0 aliphatic heterocycles. The lowest BCUT2D eigenvalue weighted by molar-refractivity contribution is 0.112. The summed E-state index contributed by atoms with van der Waals surface area (Å²) in [5, 5.41) is 0. The molecule has 0 N–H and O–H groups in total. The highest BCUT2D eigenvalue weighted by atomic mass is 19.1. The molecular formula is C9H8FNO. The summed E-state index contributed by atoms with van der Waals surface area (Å²) in [6, 6.07) is 2.65. The van der Waals surface area contributed by atoms with Gasteiger partial charge in [-0.25, -0.2) is 4.39 Å². The Morgan fingerprint density at radius 2 is 2.25 bits per heavy atom. The van der Waals surface area contributed by atoms with E-state index in [2.05, 4.69) is 11.7 Å². The van der Waals surface area contributed by atoms with Crippen LogP contribution in [0.1, 0.15) is 15.9 Å². The smallest absolute Gasteiger partial charge is 0.150 e. The van der Waals surface area contributed by atoms with E-state index in [1.54, 1.807) is 6.92 Å². The maximum Gasteiger partial charge on any atom is 0.150 e. The van der Waals surface area contributed by atoms with Crippen LogP contribution in [0.15, 0.2) is 17.1 Å². The number of halogens is 1. The molecule has 3 heteroatoms. The number of carbonyl (C=O) groups is 1. The summed E-state index contributed by atoms with van der Waals surface area (Å²) in [5.74, 6) is -0.516. The van der Waals surface area contributed by atoms with Crippen molar-refractivity contribution in [3.8, 4) is 0 Å². The van der Waals surface area contributed by atoms with Crippen molar-refractivity contribution in [2.45, 2.75) is 6.92 Å². The first-order valence-electron chi connectivity index (χ1n) is 3.41. The average Bonchev–Trinajstić information content (AvgIpc) is 2.08. The van der Waals surface area contributed by atoms with Crippen LogP contribution in [-0.2, 0) is 0 Å². The van der Waals surface area contributed by atoms with E-state index >= 15 is 0 Å². The first-order valence-corrected chi connectivity index (χ1v) is 3.41. The summed E-state index contributed by atoms with van der Waals surface area (Å²) < 4.78 is 12.9. The van der Waals surface area contributed by atoms with Crippen LogP contribution in [0.4, 0.5) is 10.1 Å². The molecule has 1 aromatic rings. The summed E-state index contributed by atoms with van der Waals surface area (Å²) >= 11 is 0. The van der Waals surface area contributed by atoms with Gasteiger partial charge in [-0.2, -0.15) is 0 Å². The standard InChI is InChI=1S/C9H8FNO/c1-6-3-9(11-2)8(10)4-7(6)5-12/h3-5H,2H2,1H3. The van der Waals surface area contributed by atoms with Crippen LogP contribution in [0.3, 0.4) is 0 Å². The van der Waals surface area contributed by atoms with Crippen LogP contribution in [0.2, 0.25) is 0 Å². The zero-order valence-corrected chi connectivity index (χ0v) is 6.67. The van der Waals surface area contributed by atoms with Gasteiger partial charge >= 0.3 is 0 Å². The Labute approximate surface area is 69.7 Å². The van der Waals surface area contributed by atoms with E-state index in [0.717, 1.165) is 6.07 Å². The third-order valence-electron chi connectivity index (χ3n) is 1.63. The fraction of sp³-hybridized carbons (Fsp3) is 0.111. The van der Waals surface area contributed by atoms with Gasteiger partial charge in [-0.15, -0.1) is 0 Å². The molecule has 62 valence electrons. The molecule has 0 aliphatic carbocycles. The van der Waals surface area contributed by atoms with E-state index in [0.29, 0.717) is 17.4 Å². The number of benzene rings is 1. The Morgan fingerprint density at radius 3 is 2.75 bits per heavy atom. The van der Waals surface area contributed by atoms with Crippen molar-refractivity contribution in [3.63, 3.8) is 0 Å². The largest absolute Gasteiger partial charge is 0.298 e. The Bertz CT molecular complexity index is 300. The lowest BCUT2D eigenvalue weighted by Gasteiger charge is -2.00. The van der Waals surface area contributed by atoms with Crippen LogP contribution < -0.4 is 0 Å². The molecule has 0 fully saturated rings. The summed E-state index contributed by atoms with van der Waals surface area (Å²) in [4.78, 5) is 13.8. The number of aldehydes is 1. The van der Waals surface area contributed by atoms with Gasteiger partial charge in [0.25, 0.3) is 0 Å². The Morgan fingerprint density at radius 1 is 1.58 bits per heavy atom. The molecule has 0 spiro atoms. The number of carbonyl (C=O) groups excluding carboxylic acids is 1. The second-order valence-electron chi connectivity index (χ2n) is 2.44. The number of aliphatic imine (C=N–C) groups is 1. The highest BCUT2D eigenvalue weighted by Crippen LogP contribution is 2.20. The molecule has 1 aromatic carbocycles. The first-order chi connectivity index (χ1) is 5.69. The topological polar surface area (TPSA) is 29.4 Å². The van der Waals surface area contributed by atoms with Crippen LogP contribution in [-0.4, -0.2) is 13.0 Å². The predicted molar refractivity (Wildman–Crippen MR) is 45.7 cm³/mol. The minimum atomic E-state index is -0.516. The van der Waals surface area contributed by atoms with Gasteiger partial charge in [-0.3, -0.25) is 9.79 Å². The molecule has 12 heavy (non-hydrogen) atoms. The molecule has 2 nitrogen and oxygen atoms in total. The van der Waals surface area contributed by atoms with Gasteiger partial charge < -0.3 is 0 Å². The lowest BCUT2D eigenvalue weighted by Crippen LogP contribution is -1.88. The van der Waals surface area contributed by atoms with Crippen LogP contribution in [0, 0.1) is 12.7 Å². The monoisotopic (exact) mass is 165 g/mol. The maximum atomic E-state index is 12.9. The number of rotatable bonds is 2. The van der Waals surface area contributed by atoms with Gasteiger partial charge in [0.05, 0.1) is 5.69 Å². The van der Waals surface area contributed by atoms with Crippen molar-refractivity contribution in [2.75, 3.05) is 0 Å². The molecule has 0 amide bonds. The second kappa shape index (κ2) is 3.26. The van der Waals surface area contributed by atoms with Crippen molar-refractivity contribution in [1.82, 2.24) is 0 Å². The Balaban J connectivity index is 3.34. The maximum absolute atomic E-state index is 12.9. The lowest BCUT2D eigenvalue weighted by atomic mass is 10.1. The molecule has 0 heterocycles. The second-order valence-corrected chi connectivity index (χ2v) is 2.44. The summed E-state index contributed by atoms with van der Waals surface area (Å²) in [5.41, 5.74) is 1.23. The van der Waals surface area contributed by atoms with Gasteiger partial charge in [0.2, 0.25) is 0 Å². The van der Waals surface area contributed by atoms with Gasteiger partial charge in [-0.1, -0.05) is 0 Å². The Hall–Kier alpha value is -1.51. The normalized spacial score (nSPS) is 9.50. The molecule has 0 unspecified atom stereocenters. The first kappa shape index (κ1) is 8.59. The van der Waals surface area contributed by atoms with Gasteiger partial charge in [0.1, 0.15) is 12.1 Å². The molecule has 0 radical (unpaired) electrons. The van der Waals surface area contributed by atoms with Crippen molar-refractivity contribution < 1.29 is 9.18 Å². The molecule has 0 aromatic heterocycles. The minimum absolute atomic E-state index is 0.179. The minimum Gasteiger partial charge on any atom is -0.298 e. The van der Waals surface area contributed by atoms with Gasteiger partial charge in [0, 0.05) is 5.56 Å². The fourth-order valence-electron chi connectivity index (χ4n) is 0.930. The number of aryl methyl sites for hydroxylation is 1. The Kier molecular flexibility index (Phi) is 2.33. The molecule has 1 rings (SSSR count). The number of nitrogens with zero attached hydrogens (tertiary/aromatic N) is 1. The van der Waals surface area contributed by atoms with Crippen molar-refractivity contribution in [3.05, 3.63) is 29.1 Å². The molecule has 0 saturated carbocycles. The van der Waals surface area contributed by atoms with Crippen LogP contribution >= 0.6 is 0 Å². The van der Waals surface area contributed by atoms with Crippen LogP contribution in [0.5, 0.6) is 0 Å². The van der Waals surface area contributed by atoms with E-state index in [4.69, 9.17) is 0 Å². The van der Waals surface area contributed by atoms with E-state index in [-0.39, 0.29) is 5.69 Å². The van der Waals surface area contributed by atoms with E-state index in [1.807, 2.05) is 0 Å². The van der Waals surface area contributed by atoms with Gasteiger partial charge in [-0.05, 0) is 31.3 Å². The summed E-state index contributed by atoms with van der Waals surface area (Å²) in [6.07, 6.45) is 0.616. The quantitative estimate of drug-likeness (QED) is 0.488. The van der Waals surface area contributed by atoms with Crippen molar-refractivity contribution in [1.29, 1.82) is 0 Å². The van der Waals surface area contributed by atoms with Gasteiger partial charge in [0.15, 0.2) is 0 Å². The highest BCUT2D eigenvalue weighted by Gasteiger charge is 2.04. The molecule has 0 aliphatic rings. The van der Waals surface area contributed by atoms with E-state index < -0.39 is 5.82 Å². The fourth-order valence-corrected chi connectivity index (χ4v) is 0.930. The zero-order chi connectivity index (χ0) is 9.14. The molecule has 0 atom stereocenters. The molecule has 0 saturated heterocycles. The molecule has 0 bridgehead atoms. The van der Waals surface area contributed by atoms with E-state index in [1.165, 1.54) is 6.07 Å². The number of hydrogen-bond donors (Lipinski definition) is 0. The van der Waals surface area contributed by atoms with Crippen LogP contribution in [0.25, 0.3) is 0 Å². The van der Waals surface area contributed by atoms with Crippen molar-refractivity contribution in [2.24, 2.45) is 4.99 Å².